The lowest BCUT2D eigenvalue weighted by molar-refractivity contribution is -0.138. The maximum atomic E-state index is 13.0. The zero-order valence-corrected chi connectivity index (χ0v) is 21.7. The highest BCUT2D eigenvalue weighted by atomic mass is 19.4. The van der Waals surface area contributed by atoms with Gasteiger partial charge in [0.25, 0.3) is 0 Å². The van der Waals surface area contributed by atoms with Crippen LogP contribution in [0.3, 0.4) is 0 Å². The van der Waals surface area contributed by atoms with Crippen LogP contribution in [0.4, 0.5) is 13.2 Å². The molecule has 5 nitrogen and oxygen atoms in total. The molecule has 3 fully saturated rings. The molecule has 2 saturated heterocycles. The Kier molecular flexibility index (Phi) is 6.91. The summed E-state index contributed by atoms with van der Waals surface area (Å²) < 4.78 is 38.9. The van der Waals surface area contributed by atoms with Crippen LogP contribution in [0.1, 0.15) is 72.6 Å². The Morgan fingerprint density at radius 3 is 2.44 bits per heavy atom. The number of nitrogens with zero attached hydrogens (tertiary/aromatic N) is 2. The highest BCUT2D eigenvalue weighted by Gasteiger charge is 2.35. The number of piperidine rings is 2. The lowest BCUT2D eigenvalue weighted by atomic mass is 9.77. The monoisotopic (exact) mass is 535 g/mol. The van der Waals surface area contributed by atoms with E-state index in [2.05, 4.69) is 33.4 Å². The van der Waals surface area contributed by atoms with E-state index in [4.69, 9.17) is 0 Å². The van der Waals surface area contributed by atoms with Gasteiger partial charge >= 0.3 is 6.18 Å². The SMILES string of the molecule is O=C1CCC(c2cnc3ccc(C4CCN(Cc5ccc(C(F)(F)F)cc5)CC4CC4CC4)cc3c2)C(=O)N1. The molecule has 2 aliphatic heterocycles. The van der Waals surface area contributed by atoms with Gasteiger partial charge in [-0.05, 0) is 90.6 Å². The molecule has 8 heteroatoms. The summed E-state index contributed by atoms with van der Waals surface area (Å²) >= 11 is 0. The fraction of sp³-hybridized carbons (Fsp3) is 0.452. The van der Waals surface area contributed by atoms with Crippen molar-refractivity contribution in [3.63, 3.8) is 0 Å². The molecule has 3 atom stereocenters. The summed E-state index contributed by atoms with van der Waals surface area (Å²) in [7, 11) is 0. The van der Waals surface area contributed by atoms with E-state index in [1.165, 1.54) is 37.0 Å². The van der Waals surface area contributed by atoms with Crippen molar-refractivity contribution in [2.45, 2.75) is 63.1 Å². The van der Waals surface area contributed by atoms with Crippen molar-refractivity contribution in [1.29, 1.82) is 0 Å². The zero-order valence-electron chi connectivity index (χ0n) is 21.7. The molecule has 3 unspecified atom stereocenters. The van der Waals surface area contributed by atoms with E-state index < -0.39 is 11.7 Å². The molecular weight excluding hydrogens is 503 g/mol. The molecule has 0 bridgehead atoms. The number of carbonyl (C=O) groups is 2. The number of nitrogens with one attached hydrogen (secondary N) is 1. The number of rotatable bonds is 6. The normalized spacial score (nSPS) is 24.6. The minimum atomic E-state index is -4.32. The molecule has 1 aromatic heterocycles. The maximum absolute atomic E-state index is 13.0. The number of alkyl halides is 3. The summed E-state index contributed by atoms with van der Waals surface area (Å²) in [6.07, 6.45) is 2.98. The smallest absolute Gasteiger partial charge is 0.299 e. The predicted octanol–water partition coefficient (Wildman–Crippen LogP) is 6.18. The minimum absolute atomic E-state index is 0.223. The average molecular weight is 536 g/mol. The molecule has 2 amide bonds. The minimum Gasteiger partial charge on any atom is -0.299 e. The lowest BCUT2D eigenvalue weighted by Gasteiger charge is -2.39. The molecule has 1 aliphatic carbocycles. The number of halogens is 3. The van der Waals surface area contributed by atoms with E-state index in [9.17, 15) is 22.8 Å². The number of imide groups is 1. The van der Waals surface area contributed by atoms with Gasteiger partial charge in [-0.25, -0.2) is 0 Å². The van der Waals surface area contributed by atoms with Crippen molar-refractivity contribution < 1.29 is 22.8 Å². The van der Waals surface area contributed by atoms with Crippen LogP contribution in [-0.2, 0) is 22.3 Å². The van der Waals surface area contributed by atoms with E-state index in [1.54, 1.807) is 18.3 Å². The number of amides is 2. The van der Waals surface area contributed by atoms with Gasteiger partial charge in [-0.2, -0.15) is 13.2 Å². The van der Waals surface area contributed by atoms with E-state index >= 15 is 0 Å². The van der Waals surface area contributed by atoms with Crippen LogP contribution in [0.5, 0.6) is 0 Å². The van der Waals surface area contributed by atoms with Crippen LogP contribution >= 0.6 is 0 Å². The Bertz CT molecular complexity index is 1380. The molecule has 1 N–H and O–H groups in total. The fourth-order valence-electron chi connectivity index (χ4n) is 6.37. The Labute approximate surface area is 225 Å². The van der Waals surface area contributed by atoms with Gasteiger partial charge in [0.15, 0.2) is 0 Å². The Morgan fingerprint density at radius 2 is 1.72 bits per heavy atom. The third kappa shape index (κ3) is 5.86. The number of likely N-dealkylation sites (tertiary alicyclic amines) is 1. The Morgan fingerprint density at radius 1 is 0.949 bits per heavy atom. The van der Waals surface area contributed by atoms with Gasteiger partial charge in [0.2, 0.25) is 11.8 Å². The Balaban J connectivity index is 1.20. The fourth-order valence-corrected chi connectivity index (χ4v) is 6.37. The number of hydrogen-bond donors (Lipinski definition) is 1. The molecule has 0 radical (unpaired) electrons. The molecular formula is C31H32F3N3O2. The molecule has 0 spiro atoms. The average Bonchev–Trinajstić information content (AvgIpc) is 3.72. The highest BCUT2D eigenvalue weighted by Crippen LogP contribution is 2.44. The lowest BCUT2D eigenvalue weighted by Crippen LogP contribution is -2.39. The first kappa shape index (κ1) is 26.0. The van der Waals surface area contributed by atoms with Gasteiger partial charge in [-0.3, -0.25) is 24.8 Å². The molecule has 2 aromatic carbocycles. The second kappa shape index (κ2) is 10.4. The van der Waals surface area contributed by atoms with E-state index in [0.717, 1.165) is 47.5 Å². The summed E-state index contributed by atoms with van der Waals surface area (Å²) in [6, 6.07) is 14.0. The van der Waals surface area contributed by atoms with Crippen molar-refractivity contribution in [2.75, 3.05) is 13.1 Å². The predicted molar refractivity (Wildman–Crippen MR) is 142 cm³/mol. The highest BCUT2D eigenvalue weighted by molar-refractivity contribution is 6.01. The standard InChI is InChI=1S/C31H32F3N3O2/c32-31(33,34)25-6-3-20(4-7-25)17-37-12-11-26(24(18-37)13-19-1-2-19)21-5-9-28-22(14-21)15-23(16-35-28)27-8-10-29(38)36-30(27)39/h3-7,9,14-16,19,24,26-27H,1-2,8,10-13,17-18H2,(H,36,38,39). The van der Waals surface area contributed by atoms with Crippen molar-refractivity contribution in [2.24, 2.45) is 11.8 Å². The second-order valence-electron chi connectivity index (χ2n) is 11.5. The molecule has 204 valence electrons. The summed E-state index contributed by atoms with van der Waals surface area (Å²) in [5, 5.41) is 3.45. The van der Waals surface area contributed by atoms with Gasteiger partial charge in [0, 0.05) is 31.1 Å². The molecule has 3 aromatic rings. The molecule has 39 heavy (non-hydrogen) atoms. The number of benzene rings is 2. The van der Waals surface area contributed by atoms with E-state index in [0.29, 0.717) is 31.2 Å². The third-order valence-electron chi connectivity index (χ3n) is 8.63. The first-order valence-electron chi connectivity index (χ1n) is 13.8. The molecule has 1 saturated carbocycles. The molecule has 3 aliphatic rings. The summed E-state index contributed by atoms with van der Waals surface area (Å²) in [6.45, 7) is 2.47. The first-order chi connectivity index (χ1) is 18.7. The van der Waals surface area contributed by atoms with Gasteiger partial charge in [0.1, 0.15) is 0 Å². The number of fused-ring (bicyclic) bond motifs is 1. The summed E-state index contributed by atoms with van der Waals surface area (Å²) in [5.74, 6) is 0.804. The largest absolute Gasteiger partial charge is 0.416 e. The van der Waals surface area contributed by atoms with Crippen molar-refractivity contribution in [1.82, 2.24) is 15.2 Å². The second-order valence-corrected chi connectivity index (χ2v) is 11.5. The molecule has 6 rings (SSSR count). The quantitative estimate of drug-likeness (QED) is 0.383. The number of aromatic nitrogens is 1. The van der Waals surface area contributed by atoms with Crippen molar-refractivity contribution in [3.8, 4) is 0 Å². The van der Waals surface area contributed by atoms with Crippen LogP contribution in [0, 0.1) is 11.8 Å². The topological polar surface area (TPSA) is 62.3 Å². The van der Waals surface area contributed by atoms with Crippen molar-refractivity contribution in [3.05, 3.63) is 77.0 Å². The van der Waals surface area contributed by atoms with E-state index in [-0.39, 0.29) is 17.7 Å². The van der Waals surface area contributed by atoms with Gasteiger partial charge in [-0.1, -0.05) is 31.0 Å². The first-order valence-corrected chi connectivity index (χ1v) is 13.8. The maximum Gasteiger partial charge on any atom is 0.416 e. The third-order valence-corrected chi connectivity index (χ3v) is 8.63. The number of carbonyl (C=O) groups excluding carboxylic acids is 2. The number of hydrogen-bond acceptors (Lipinski definition) is 4. The zero-order chi connectivity index (χ0) is 27.1. The van der Waals surface area contributed by atoms with Crippen LogP contribution in [-0.4, -0.2) is 34.8 Å². The Hall–Kier alpha value is -3.26. The summed E-state index contributed by atoms with van der Waals surface area (Å²) in [4.78, 5) is 31.0. The van der Waals surface area contributed by atoms with Gasteiger partial charge in [0.05, 0.1) is 17.0 Å². The summed E-state index contributed by atoms with van der Waals surface area (Å²) in [5.41, 5.74) is 3.30. The van der Waals surface area contributed by atoms with Crippen LogP contribution in [0.15, 0.2) is 54.7 Å². The van der Waals surface area contributed by atoms with Crippen LogP contribution in [0.25, 0.3) is 10.9 Å². The molecule has 3 heterocycles. The number of pyridine rings is 1. The van der Waals surface area contributed by atoms with Crippen molar-refractivity contribution >= 4 is 22.7 Å². The van der Waals surface area contributed by atoms with Gasteiger partial charge < -0.3 is 0 Å². The van der Waals surface area contributed by atoms with Gasteiger partial charge in [-0.15, -0.1) is 0 Å². The van der Waals surface area contributed by atoms with E-state index in [1.807, 2.05) is 6.07 Å². The van der Waals surface area contributed by atoms with Crippen LogP contribution in [0.2, 0.25) is 0 Å². The van der Waals surface area contributed by atoms with Crippen LogP contribution < -0.4 is 5.32 Å².